The van der Waals surface area contributed by atoms with Gasteiger partial charge in [0.25, 0.3) is 0 Å². The number of β-amino-alcohol motifs (C(OH)–C–C–N with tert-alkyl or cyclic N) is 1. The van der Waals surface area contributed by atoms with Gasteiger partial charge in [-0.25, -0.2) is 0 Å². The molecule has 0 bridgehead atoms. The van der Waals surface area contributed by atoms with Gasteiger partial charge >= 0.3 is 0 Å². The molecule has 1 atom stereocenters. The minimum Gasteiger partial charge on any atom is -0.391 e. The lowest BCUT2D eigenvalue weighted by Gasteiger charge is -2.28. The topological polar surface area (TPSA) is 32.7 Å². The molecule has 0 spiro atoms. The van der Waals surface area contributed by atoms with E-state index in [1.165, 1.54) is 0 Å². The summed E-state index contributed by atoms with van der Waals surface area (Å²) in [4.78, 5) is 2.19. The summed E-state index contributed by atoms with van der Waals surface area (Å²) in [6.45, 7) is 3.84. The lowest BCUT2D eigenvalue weighted by molar-refractivity contribution is 0.0149. The van der Waals surface area contributed by atoms with Crippen LogP contribution in [0.1, 0.15) is 5.56 Å². The lowest BCUT2D eigenvalue weighted by atomic mass is 10.1. The molecule has 1 fully saturated rings. The SMILES string of the molecule is OC(Cc1c(Cl)cccc1Cl)CN1CCOCC1. The number of nitrogens with zero attached hydrogens (tertiary/aromatic N) is 1. The number of hydrogen-bond acceptors (Lipinski definition) is 3. The van der Waals surface area contributed by atoms with E-state index >= 15 is 0 Å². The highest BCUT2D eigenvalue weighted by Gasteiger charge is 2.17. The van der Waals surface area contributed by atoms with Crippen molar-refractivity contribution in [3.05, 3.63) is 33.8 Å². The third-order valence-corrected chi connectivity index (χ3v) is 3.78. The molecule has 1 saturated heterocycles. The van der Waals surface area contributed by atoms with E-state index in [2.05, 4.69) is 4.90 Å². The van der Waals surface area contributed by atoms with Gasteiger partial charge in [-0.3, -0.25) is 4.90 Å². The number of aliphatic hydroxyl groups is 1. The zero-order valence-electron chi connectivity index (χ0n) is 10.1. The molecule has 0 saturated carbocycles. The molecule has 0 amide bonds. The smallest absolute Gasteiger partial charge is 0.0708 e. The average Bonchev–Trinajstić information content (AvgIpc) is 2.35. The Morgan fingerprint density at radius 3 is 2.44 bits per heavy atom. The second-order valence-electron chi connectivity index (χ2n) is 4.47. The maximum atomic E-state index is 10.1. The number of halogens is 2. The van der Waals surface area contributed by atoms with Crippen LogP contribution in [-0.2, 0) is 11.2 Å². The minimum absolute atomic E-state index is 0.458. The molecule has 2 rings (SSSR count). The van der Waals surface area contributed by atoms with Crippen LogP contribution < -0.4 is 0 Å². The molecule has 0 radical (unpaired) electrons. The van der Waals surface area contributed by atoms with E-state index in [4.69, 9.17) is 27.9 Å². The van der Waals surface area contributed by atoms with E-state index in [9.17, 15) is 5.11 Å². The number of hydrogen-bond donors (Lipinski definition) is 1. The van der Waals surface area contributed by atoms with Crippen molar-refractivity contribution in [1.29, 1.82) is 0 Å². The van der Waals surface area contributed by atoms with Crippen LogP contribution in [0.15, 0.2) is 18.2 Å². The van der Waals surface area contributed by atoms with E-state index in [0.717, 1.165) is 31.9 Å². The number of benzene rings is 1. The van der Waals surface area contributed by atoms with Crippen molar-refractivity contribution >= 4 is 23.2 Å². The first-order valence-electron chi connectivity index (χ1n) is 6.08. The van der Waals surface area contributed by atoms with Crippen LogP contribution in [0.2, 0.25) is 10.0 Å². The van der Waals surface area contributed by atoms with Crippen molar-refractivity contribution < 1.29 is 9.84 Å². The summed E-state index contributed by atoms with van der Waals surface area (Å²) in [6, 6.07) is 5.40. The molecule has 1 N–H and O–H groups in total. The van der Waals surface area contributed by atoms with Crippen LogP contribution in [-0.4, -0.2) is 49.0 Å². The zero-order valence-corrected chi connectivity index (χ0v) is 11.6. The lowest BCUT2D eigenvalue weighted by Crippen LogP contribution is -2.41. The fraction of sp³-hybridized carbons (Fsp3) is 0.538. The van der Waals surface area contributed by atoms with Crippen molar-refractivity contribution in [2.75, 3.05) is 32.8 Å². The van der Waals surface area contributed by atoms with Gasteiger partial charge in [-0.05, 0) is 17.7 Å². The van der Waals surface area contributed by atoms with Gasteiger partial charge in [-0.1, -0.05) is 29.3 Å². The Labute approximate surface area is 117 Å². The van der Waals surface area contributed by atoms with Crippen molar-refractivity contribution in [2.45, 2.75) is 12.5 Å². The summed E-state index contributed by atoms with van der Waals surface area (Å²) in [7, 11) is 0. The van der Waals surface area contributed by atoms with E-state index in [1.54, 1.807) is 12.1 Å². The van der Waals surface area contributed by atoms with Crippen LogP contribution >= 0.6 is 23.2 Å². The third kappa shape index (κ3) is 3.84. The highest BCUT2D eigenvalue weighted by Crippen LogP contribution is 2.25. The Morgan fingerprint density at radius 1 is 1.22 bits per heavy atom. The monoisotopic (exact) mass is 289 g/mol. The van der Waals surface area contributed by atoms with E-state index in [1.807, 2.05) is 6.07 Å². The van der Waals surface area contributed by atoms with Crippen LogP contribution in [0.4, 0.5) is 0 Å². The fourth-order valence-corrected chi connectivity index (χ4v) is 2.66. The predicted molar refractivity (Wildman–Crippen MR) is 73.4 cm³/mol. The van der Waals surface area contributed by atoms with Crippen LogP contribution in [0, 0.1) is 0 Å². The Kier molecular flexibility index (Phi) is 5.27. The normalized spacial score (nSPS) is 18.8. The molecule has 1 aliphatic heterocycles. The Balaban J connectivity index is 1.92. The summed E-state index contributed by atoms with van der Waals surface area (Å²) in [5.41, 5.74) is 0.821. The summed E-state index contributed by atoms with van der Waals surface area (Å²) in [5, 5.41) is 11.3. The molecule has 1 heterocycles. The van der Waals surface area contributed by atoms with E-state index < -0.39 is 6.10 Å². The summed E-state index contributed by atoms with van der Waals surface area (Å²) in [5.74, 6) is 0. The molecule has 100 valence electrons. The van der Waals surface area contributed by atoms with Crippen LogP contribution in [0.5, 0.6) is 0 Å². The van der Waals surface area contributed by atoms with Crippen molar-refractivity contribution in [2.24, 2.45) is 0 Å². The Hall–Kier alpha value is -0.320. The van der Waals surface area contributed by atoms with Gasteiger partial charge in [0, 0.05) is 36.1 Å². The molecular formula is C13H17Cl2NO2. The maximum absolute atomic E-state index is 10.1. The molecule has 5 heteroatoms. The molecule has 18 heavy (non-hydrogen) atoms. The number of aliphatic hydroxyl groups excluding tert-OH is 1. The highest BCUT2D eigenvalue weighted by atomic mass is 35.5. The molecule has 1 aromatic rings. The Bertz CT molecular complexity index is 374. The maximum Gasteiger partial charge on any atom is 0.0708 e. The molecule has 0 aromatic heterocycles. The predicted octanol–water partition coefficient (Wildman–Crippen LogP) is 2.23. The van der Waals surface area contributed by atoms with Crippen LogP contribution in [0.3, 0.4) is 0 Å². The first-order chi connectivity index (χ1) is 8.66. The quantitative estimate of drug-likeness (QED) is 0.923. The van der Waals surface area contributed by atoms with Gasteiger partial charge in [-0.15, -0.1) is 0 Å². The second-order valence-corrected chi connectivity index (χ2v) is 5.29. The number of morpholine rings is 1. The van der Waals surface area contributed by atoms with Crippen LogP contribution in [0.25, 0.3) is 0 Å². The van der Waals surface area contributed by atoms with Crippen molar-refractivity contribution in [3.63, 3.8) is 0 Å². The second kappa shape index (κ2) is 6.73. The van der Waals surface area contributed by atoms with Crippen molar-refractivity contribution in [1.82, 2.24) is 4.90 Å². The first kappa shape index (κ1) is 14.1. The molecule has 0 aliphatic carbocycles. The van der Waals surface area contributed by atoms with E-state index in [-0.39, 0.29) is 0 Å². The summed E-state index contributed by atoms with van der Waals surface area (Å²) >= 11 is 12.2. The average molecular weight is 290 g/mol. The summed E-state index contributed by atoms with van der Waals surface area (Å²) < 4.78 is 5.27. The highest BCUT2D eigenvalue weighted by molar-refractivity contribution is 6.35. The molecule has 1 unspecified atom stereocenters. The number of rotatable bonds is 4. The minimum atomic E-state index is -0.458. The molecular weight excluding hydrogens is 273 g/mol. The largest absolute Gasteiger partial charge is 0.391 e. The third-order valence-electron chi connectivity index (χ3n) is 3.07. The Morgan fingerprint density at radius 2 is 1.83 bits per heavy atom. The van der Waals surface area contributed by atoms with Gasteiger partial charge in [-0.2, -0.15) is 0 Å². The van der Waals surface area contributed by atoms with Gasteiger partial charge in [0.1, 0.15) is 0 Å². The van der Waals surface area contributed by atoms with E-state index in [0.29, 0.717) is 23.0 Å². The van der Waals surface area contributed by atoms with Gasteiger partial charge < -0.3 is 9.84 Å². The summed E-state index contributed by atoms with van der Waals surface area (Å²) in [6.07, 6.45) is 0.0241. The van der Waals surface area contributed by atoms with Gasteiger partial charge in [0.15, 0.2) is 0 Å². The molecule has 3 nitrogen and oxygen atoms in total. The first-order valence-corrected chi connectivity index (χ1v) is 6.83. The molecule has 1 aromatic carbocycles. The van der Waals surface area contributed by atoms with Crippen molar-refractivity contribution in [3.8, 4) is 0 Å². The zero-order chi connectivity index (χ0) is 13.0. The standard InChI is InChI=1S/C13H17Cl2NO2/c14-12-2-1-3-13(15)11(12)8-10(17)9-16-4-6-18-7-5-16/h1-3,10,17H,4-9H2. The van der Waals surface area contributed by atoms with Gasteiger partial charge in [0.05, 0.1) is 19.3 Å². The number of ether oxygens (including phenoxy) is 1. The molecule has 1 aliphatic rings. The fourth-order valence-electron chi connectivity index (χ4n) is 2.11. The van der Waals surface area contributed by atoms with Gasteiger partial charge in [0.2, 0.25) is 0 Å².